The molecule has 14 heteroatoms. The first-order chi connectivity index (χ1) is 24.4. The average molecular weight is 744 g/mol. The number of para-hydroxylation sites is 1. The Labute approximate surface area is 308 Å². The summed E-state index contributed by atoms with van der Waals surface area (Å²) < 4.78 is 37.9. The number of aryl methyl sites for hydroxylation is 1. The average Bonchev–Trinajstić information content (AvgIpc) is 3.09. The van der Waals surface area contributed by atoms with Crippen molar-refractivity contribution in [2.75, 3.05) is 63.1 Å². The van der Waals surface area contributed by atoms with Crippen LogP contribution in [0.2, 0.25) is 5.02 Å². The van der Waals surface area contributed by atoms with Gasteiger partial charge in [0.25, 0.3) is 0 Å². The van der Waals surface area contributed by atoms with Crippen LogP contribution in [0.25, 0.3) is 0 Å². The second kappa shape index (κ2) is 19.4. The lowest BCUT2D eigenvalue weighted by Crippen LogP contribution is -2.37. The third-order valence-corrected chi connectivity index (χ3v) is 11.2. The molecular weight excluding hydrogens is 690 g/mol. The monoisotopic (exact) mass is 743 g/mol. The first-order valence-electron chi connectivity index (χ1n) is 17.9. The molecule has 1 fully saturated rings. The molecule has 0 aliphatic carbocycles. The van der Waals surface area contributed by atoms with Gasteiger partial charge >= 0.3 is 0 Å². The third kappa shape index (κ3) is 11.8. The molecule has 0 spiro atoms. The molecule has 280 valence electrons. The molecule has 0 bridgehead atoms. The van der Waals surface area contributed by atoms with Crippen LogP contribution in [0.3, 0.4) is 0 Å². The molecule has 1 aliphatic heterocycles. The maximum absolute atomic E-state index is 13.0. The molecule has 1 aliphatic rings. The van der Waals surface area contributed by atoms with Crippen LogP contribution in [0.4, 0.5) is 23.1 Å². The van der Waals surface area contributed by atoms with Crippen LogP contribution in [0.1, 0.15) is 70.9 Å². The zero-order valence-electron chi connectivity index (χ0n) is 30.7. The number of rotatable bonds is 19. The highest BCUT2D eigenvalue weighted by Gasteiger charge is 2.25. The minimum absolute atomic E-state index is 0.0540. The number of carbonyl (C=O) groups is 1. The quantitative estimate of drug-likeness (QED) is 0.104. The number of piperidine rings is 1. The lowest BCUT2D eigenvalue weighted by Gasteiger charge is -2.33. The Bertz CT molecular complexity index is 1700. The van der Waals surface area contributed by atoms with E-state index >= 15 is 0 Å². The van der Waals surface area contributed by atoms with Crippen LogP contribution in [0.15, 0.2) is 47.5 Å². The van der Waals surface area contributed by atoms with Crippen molar-refractivity contribution >= 4 is 50.5 Å². The van der Waals surface area contributed by atoms with Crippen molar-refractivity contribution in [2.45, 2.75) is 83.0 Å². The highest BCUT2D eigenvalue weighted by atomic mass is 35.5. The maximum Gasteiger partial charge on any atom is 0.229 e. The van der Waals surface area contributed by atoms with Crippen LogP contribution in [-0.2, 0) is 19.4 Å². The Kier molecular flexibility index (Phi) is 15.3. The van der Waals surface area contributed by atoms with Gasteiger partial charge in [-0.15, -0.1) is 0 Å². The molecule has 4 rings (SSSR count). The number of hydrogen-bond donors (Lipinski definition) is 4. The lowest BCUT2D eigenvalue weighted by molar-refractivity contribution is -0.121. The van der Waals surface area contributed by atoms with Gasteiger partial charge in [0.1, 0.15) is 10.8 Å². The summed E-state index contributed by atoms with van der Waals surface area (Å²) in [6.07, 6.45) is 3.85. The summed E-state index contributed by atoms with van der Waals surface area (Å²) in [7, 11) is -3.56. The number of carbonyl (C=O) groups excluding carboxylic acids is 1. The van der Waals surface area contributed by atoms with Crippen LogP contribution in [0, 0.1) is 6.92 Å². The van der Waals surface area contributed by atoms with E-state index in [1.54, 1.807) is 38.1 Å². The van der Waals surface area contributed by atoms with Crippen molar-refractivity contribution in [3.05, 3.63) is 58.7 Å². The van der Waals surface area contributed by atoms with Crippen molar-refractivity contribution in [3.8, 4) is 5.75 Å². The third-order valence-electron chi connectivity index (χ3n) is 8.71. The van der Waals surface area contributed by atoms with Crippen molar-refractivity contribution in [1.82, 2.24) is 25.5 Å². The van der Waals surface area contributed by atoms with Gasteiger partial charge in [-0.2, -0.15) is 4.98 Å². The number of amides is 1. The van der Waals surface area contributed by atoms with Crippen molar-refractivity contribution in [2.24, 2.45) is 0 Å². The van der Waals surface area contributed by atoms with E-state index in [0.717, 1.165) is 51.1 Å². The standard InChI is InChI=1S/C37H54ClN7O5S/c1-7-39-15-20-49-21-16-40-35(46)14-19-45-17-12-28(13-18-45)29-23-33(50-25(2)3)32(22-27(29)6)43-37-41-24-30(38)36(44-37)42-31-10-8-9-11-34(31)51(47,48)26(4)5/h8-11,22-26,28,39H,7,12-21H2,1-6H3,(H,40,46)(H2,41,42,43,44). The number of nitrogens with one attached hydrogen (secondary N) is 4. The number of likely N-dealkylation sites (tertiary alicyclic amines) is 1. The van der Waals surface area contributed by atoms with Gasteiger partial charge in [0, 0.05) is 26.1 Å². The molecule has 0 saturated carbocycles. The summed E-state index contributed by atoms with van der Waals surface area (Å²) in [6, 6.07) is 10.9. The van der Waals surface area contributed by atoms with E-state index in [9.17, 15) is 13.2 Å². The van der Waals surface area contributed by atoms with E-state index in [-0.39, 0.29) is 33.7 Å². The molecule has 0 atom stereocenters. The van der Waals surface area contributed by atoms with E-state index in [2.05, 4.69) is 62.1 Å². The Hall–Kier alpha value is -3.49. The fraction of sp³-hybridized carbons (Fsp3) is 0.541. The first-order valence-corrected chi connectivity index (χ1v) is 19.8. The number of likely N-dealkylation sites (N-methyl/N-ethyl adjacent to an activating group) is 1. The summed E-state index contributed by atoms with van der Waals surface area (Å²) in [5.41, 5.74) is 3.46. The van der Waals surface area contributed by atoms with Crippen LogP contribution in [0.5, 0.6) is 5.75 Å². The number of nitrogens with zero attached hydrogens (tertiary/aromatic N) is 3. The van der Waals surface area contributed by atoms with E-state index in [1.807, 2.05) is 13.8 Å². The second-order valence-electron chi connectivity index (χ2n) is 13.3. The number of sulfone groups is 1. The molecule has 1 aromatic heterocycles. The molecule has 1 amide bonds. The Balaban J connectivity index is 1.40. The van der Waals surface area contributed by atoms with Crippen molar-refractivity contribution in [3.63, 3.8) is 0 Å². The smallest absolute Gasteiger partial charge is 0.229 e. The predicted molar refractivity (Wildman–Crippen MR) is 205 cm³/mol. The summed E-state index contributed by atoms with van der Waals surface area (Å²) in [6.45, 7) is 17.4. The summed E-state index contributed by atoms with van der Waals surface area (Å²) in [4.78, 5) is 23.9. The molecule has 51 heavy (non-hydrogen) atoms. The minimum atomic E-state index is -3.56. The largest absolute Gasteiger partial charge is 0.489 e. The molecule has 3 aromatic rings. The maximum atomic E-state index is 13.0. The van der Waals surface area contributed by atoms with Gasteiger partial charge in [0.15, 0.2) is 15.7 Å². The molecule has 0 unspecified atom stereocenters. The Morgan fingerprint density at radius 3 is 2.47 bits per heavy atom. The van der Waals surface area contributed by atoms with Crippen LogP contribution >= 0.6 is 11.6 Å². The van der Waals surface area contributed by atoms with Gasteiger partial charge in [-0.3, -0.25) is 4.79 Å². The number of anilines is 4. The van der Waals surface area contributed by atoms with Crippen molar-refractivity contribution in [1.29, 1.82) is 0 Å². The predicted octanol–water partition coefficient (Wildman–Crippen LogP) is 6.21. The lowest BCUT2D eigenvalue weighted by atomic mass is 9.86. The number of aromatic nitrogens is 2. The molecule has 0 radical (unpaired) electrons. The fourth-order valence-electron chi connectivity index (χ4n) is 5.93. The zero-order chi connectivity index (χ0) is 37.0. The highest BCUT2D eigenvalue weighted by molar-refractivity contribution is 7.92. The van der Waals surface area contributed by atoms with Crippen LogP contribution in [-0.4, -0.2) is 93.0 Å². The second-order valence-corrected chi connectivity index (χ2v) is 16.2. The van der Waals surface area contributed by atoms with Gasteiger partial charge < -0.3 is 35.6 Å². The SMILES string of the molecule is CCNCCOCCNC(=O)CCN1CCC(c2cc(OC(C)C)c(Nc3ncc(Cl)c(Nc4ccccc4S(=O)(=O)C(C)C)n3)cc2C)CC1. The Morgan fingerprint density at radius 1 is 1.04 bits per heavy atom. The van der Waals surface area contributed by atoms with E-state index in [4.69, 9.17) is 21.1 Å². The van der Waals surface area contributed by atoms with Gasteiger partial charge in [0.05, 0.1) is 47.0 Å². The van der Waals surface area contributed by atoms with E-state index in [1.165, 1.54) is 11.8 Å². The first kappa shape index (κ1) is 40.3. The van der Waals surface area contributed by atoms with Crippen molar-refractivity contribution < 1.29 is 22.7 Å². The Morgan fingerprint density at radius 2 is 1.76 bits per heavy atom. The number of benzene rings is 2. The number of ether oxygens (including phenoxy) is 2. The molecule has 2 heterocycles. The topological polar surface area (TPSA) is 147 Å². The molecule has 1 saturated heterocycles. The summed E-state index contributed by atoms with van der Waals surface area (Å²) in [5.74, 6) is 1.66. The van der Waals surface area contributed by atoms with Gasteiger partial charge in [0.2, 0.25) is 11.9 Å². The van der Waals surface area contributed by atoms with Gasteiger partial charge in [-0.1, -0.05) is 30.7 Å². The van der Waals surface area contributed by atoms with Gasteiger partial charge in [-0.25, -0.2) is 13.4 Å². The molecule has 2 aromatic carbocycles. The van der Waals surface area contributed by atoms with E-state index < -0.39 is 15.1 Å². The molecular formula is C37H54ClN7O5S. The number of halogens is 1. The normalized spacial score (nSPS) is 14.2. The zero-order valence-corrected chi connectivity index (χ0v) is 32.3. The number of hydrogen-bond acceptors (Lipinski definition) is 11. The minimum Gasteiger partial charge on any atom is -0.489 e. The fourth-order valence-corrected chi connectivity index (χ4v) is 7.27. The summed E-state index contributed by atoms with van der Waals surface area (Å²) in [5, 5.41) is 12.2. The van der Waals surface area contributed by atoms with Gasteiger partial charge in [-0.05, 0) is 108 Å². The van der Waals surface area contributed by atoms with Crippen LogP contribution < -0.4 is 26.0 Å². The van der Waals surface area contributed by atoms with E-state index in [0.29, 0.717) is 49.2 Å². The molecule has 12 nitrogen and oxygen atoms in total. The summed E-state index contributed by atoms with van der Waals surface area (Å²) >= 11 is 6.48. The highest BCUT2D eigenvalue weighted by Crippen LogP contribution is 2.38. The molecule has 4 N–H and O–H groups in total.